The number of ether oxygens (including phenoxy) is 1. The predicted molar refractivity (Wildman–Crippen MR) is 74.2 cm³/mol. The van der Waals surface area contributed by atoms with Gasteiger partial charge in [-0.2, -0.15) is 0 Å². The first-order valence-electron chi connectivity index (χ1n) is 6.51. The normalized spacial score (nSPS) is 12.4. The summed E-state index contributed by atoms with van der Waals surface area (Å²) in [4.78, 5) is 11.6. The molecule has 0 aliphatic carbocycles. The van der Waals surface area contributed by atoms with E-state index in [1.807, 2.05) is 38.1 Å². The Morgan fingerprint density at radius 2 is 2.26 bits per heavy atom. The van der Waals surface area contributed by atoms with Gasteiger partial charge >= 0.3 is 0 Å². The largest absolute Gasteiger partial charge is 0.493 e. The smallest absolute Gasteiger partial charge is 0.220 e. The van der Waals surface area contributed by atoms with Crippen molar-refractivity contribution >= 4 is 16.9 Å². The van der Waals surface area contributed by atoms with Crippen LogP contribution in [0.3, 0.4) is 0 Å². The first-order valence-corrected chi connectivity index (χ1v) is 6.51. The van der Waals surface area contributed by atoms with Crippen molar-refractivity contribution in [2.75, 3.05) is 7.11 Å². The van der Waals surface area contributed by atoms with Crippen LogP contribution in [0, 0.1) is 0 Å². The number of nitrogens with one attached hydrogen (secondary N) is 1. The Morgan fingerprint density at radius 1 is 1.47 bits per heavy atom. The van der Waals surface area contributed by atoms with Gasteiger partial charge in [-0.05, 0) is 25.5 Å². The summed E-state index contributed by atoms with van der Waals surface area (Å²) < 4.78 is 11.1. The quantitative estimate of drug-likeness (QED) is 0.897. The minimum absolute atomic E-state index is 0.0439. The highest BCUT2D eigenvalue weighted by molar-refractivity contribution is 5.84. The number of carbonyl (C=O) groups is 1. The highest BCUT2D eigenvalue weighted by Gasteiger charge is 2.15. The fraction of sp³-hybridized carbons (Fsp3) is 0.400. The van der Waals surface area contributed by atoms with Gasteiger partial charge in [-0.15, -0.1) is 0 Å². The molecule has 0 aliphatic rings. The fourth-order valence-electron chi connectivity index (χ4n) is 2.04. The third-order valence-electron chi connectivity index (χ3n) is 3.03. The molecule has 1 amide bonds. The second kappa shape index (κ2) is 5.78. The van der Waals surface area contributed by atoms with Crippen molar-refractivity contribution in [3.05, 3.63) is 30.0 Å². The predicted octanol–water partition coefficient (Wildman–Crippen LogP) is 3.42. The minimum Gasteiger partial charge on any atom is -0.493 e. The van der Waals surface area contributed by atoms with Crippen molar-refractivity contribution in [2.24, 2.45) is 0 Å². The van der Waals surface area contributed by atoms with Crippen LogP contribution in [0.25, 0.3) is 11.0 Å². The molecule has 0 aliphatic heterocycles. The highest BCUT2D eigenvalue weighted by atomic mass is 16.5. The van der Waals surface area contributed by atoms with Crippen molar-refractivity contribution in [1.29, 1.82) is 0 Å². The molecular formula is C15H19NO3. The van der Waals surface area contributed by atoms with Gasteiger partial charge in [0.2, 0.25) is 5.91 Å². The number of benzene rings is 1. The van der Waals surface area contributed by atoms with Crippen molar-refractivity contribution in [2.45, 2.75) is 32.7 Å². The van der Waals surface area contributed by atoms with Crippen LogP contribution in [-0.2, 0) is 4.79 Å². The van der Waals surface area contributed by atoms with E-state index in [-0.39, 0.29) is 11.9 Å². The maximum Gasteiger partial charge on any atom is 0.220 e. The van der Waals surface area contributed by atoms with Gasteiger partial charge < -0.3 is 14.5 Å². The number of hydrogen-bond donors (Lipinski definition) is 1. The summed E-state index contributed by atoms with van der Waals surface area (Å²) in [7, 11) is 1.61. The molecule has 1 N–H and O–H groups in total. The Bertz CT molecular complexity index is 574. The van der Waals surface area contributed by atoms with Crippen LogP contribution >= 0.6 is 0 Å². The summed E-state index contributed by atoms with van der Waals surface area (Å²) in [5.41, 5.74) is 0.719. The second-order valence-corrected chi connectivity index (χ2v) is 4.57. The lowest BCUT2D eigenvalue weighted by Gasteiger charge is -2.10. The van der Waals surface area contributed by atoms with Crippen LogP contribution in [0.4, 0.5) is 0 Å². The molecule has 1 heterocycles. The van der Waals surface area contributed by atoms with Crippen LogP contribution in [0.5, 0.6) is 5.75 Å². The summed E-state index contributed by atoms with van der Waals surface area (Å²) >= 11 is 0. The van der Waals surface area contributed by atoms with Crippen LogP contribution < -0.4 is 10.1 Å². The van der Waals surface area contributed by atoms with E-state index in [2.05, 4.69) is 5.32 Å². The third kappa shape index (κ3) is 2.89. The molecule has 102 valence electrons. The molecule has 4 nitrogen and oxygen atoms in total. The summed E-state index contributed by atoms with van der Waals surface area (Å²) in [5.74, 6) is 1.49. The number of carbonyl (C=O) groups excluding carboxylic acids is 1. The molecule has 1 aromatic heterocycles. The van der Waals surface area contributed by atoms with Gasteiger partial charge in [-0.3, -0.25) is 4.79 Å². The van der Waals surface area contributed by atoms with Gasteiger partial charge in [0, 0.05) is 11.8 Å². The lowest BCUT2D eigenvalue weighted by atomic mass is 10.2. The SMILES string of the molecule is CCCC(=O)N[C@H](C)c1cc2cccc(OC)c2o1. The molecule has 0 fully saturated rings. The van der Waals surface area contributed by atoms with E-state index >= 15 is 0 Å². The number of furan rings is 1. The van der Waals surface area contributed by atoms with E-state index < -0.39 is 0 Å². The monoisotopic (exact) mass is 261 g/mol. The molecule has 2 aromatic rings. The summed E-state index contributed by atoms with van der Waals surface area (Å²) in [6, 6.07) is 7.54. The van der Waals surface area contributed by atoms with E-state index in [1.54, 1.807) is 7.11 Å². The maximum atomic E-state index is 11.6. The molecule has 0 unspecified atom stereocenters. The zero-order valence-electron chi connectivity index (χ0n) is 11.5. The number of methoxy groups -OCH3 is 1. The van der Waals surface area contributed by atoms with Gasteiger partial charge in [0.15, 0.2) is 11.3 Å². The number of para-hydroxylation sites is 1. The van der Waals surface area contributed by atoms with Gasteiger partial charge in [0.1, 0.15) is 5.76 Å². The van der Waals surface area contributed by atoms with Crippen LogP contribution in [-0.4, -0.2) is 13.0 Å². The first-order chi connectivity index (χ1) is 9.15. The maximum absolute atomic E-state index is 11.6. The van der Waals surface area contributed by atoms with E-state index in [9.17, 15) is 4.79 Å². The average molecular weight is 261 g/mol. The lowest BCUT2D eigenvalue weighted by molar-refractivity contribution is -0.121. The first kappa shape index (κ1) is 13.5. The fourth-order valence-corrected chi connectivity index (χ4v) is 2.04. The summed E-state index contributed by atoms with van der Waals surface area (Å²) in [6.45, 7) is 3.90. The topological polar surface area (TPSA) is 51.5 Å². The van der Waals surface area contributed by atoms with E-state index in [0.29, 0.717) is 12.2 Å². The number of amides is 1. The van der Waals surface area contributed by atoms with Crippen molar-refractivity contribution < 1.29 is 13.9 Å². The lowest BCUT2D eigenvalue weighted by Crippen LogP contribution is -2.25. The molecule has 0 saturated carbocycles. The number of rotatable bonds is 5. The zero-order valence-corrected chi connectivity index (χ0v) is 11.5. The van der Waals surface area contributed by atoms with Gasteiger partial charge in [-0.25, -0.2) is 0 Å². The van der Waals surface area contributed by atoms with E-state index in [0.717, 1.165) is 23.2 Å². The van der Waals surface area contributed by atoms with Crippen molar-refractivity contribution in [3.63, 3.8) is 0 Å². The summed E-state index contributed by atoms with van der Waals surface area (Å²) in [5, 5.41) is 3.90. The molecule has 0 spiro atoms. The van der Waals surface area contributed by atoms with Crippen LogP contribution in [0.15, 0.2) is 28.7 Å². The molecule has 1 atom stereocenters. The Balaban J connectivity index is 2.23. The van der Waals surface area contributed by atoms with Crippen molar-refractivity contribution in [1.82, 2.24) is 5.32 Å². The zero-order chi connectivity index (χ0) is 13.8. The van der Waals surface area contributed by atoms with Crippen molar-refractivity contribution in [3.8, 4) is 5.75 Å². The Labute approximate surface area is 112 Å². The minimum atomic E-state index is -0.142. The van der Waals surface area contributed by atoms with Gasteiger partial charge in [0.25, 0.3) is 0 Å². The van der Waals surface area contributed by atoms with Gasteiger partial charge in [0.05, 0.1) is 13.2 Å². The van der Waals surface area contributed by atoms with E-state index in [1.165, 1.54) is 0 Å². The average Bonchev–Trinajstić information content (AvgIpc) is 2.82. The van der Waals surface area contributed by atoms with Crippen LogP contribution in [0.2, 0.25) is 0 Å². The molecule has 2 rings (SSSR count). The number of hydrogen-bond acceptors (Lipinski definition) is 3. The molecule has 0 bridgehead atoms. The van der Waals surface area contributed by atoms with Crippen LogP contribution in [0.1, 0.15) is 38.5 Å². The molecule has 1 aromatic carbocycles. The number of fused-ring (bicyclic) bond motifs is 1. The summed E-state index contributed by atoms with van der Waals surface area (Å²) in [6.07, 6.45) is 1.38. The standard InChI is InChI=1S/C15H19NO3/c1-4-6-14(17)16-10(2)13-9-11-7-5-8-12(18-3)15(11)19-13/h5,7-10H,4,6H2,1-3H3,(H,16,17)/t10-/m1/s1. The molecule has 0 saturated heterocycles. The van der Waals surface area contributed by atoms with Gasteiger partial charge in [-0.1, -0.05) is 19.1 Å². The highest BCUT2D eigenvalue weighted by Crippen LogP contribution is 2.30. The Hall–Kier alpha value is -1.97. The Morgan fingerprint density at radius 3 is 2.95 bits per heavy atom. The van der Waals surface area contributed by atoms with E-state index in [4.69, 9.17) is 9.15 Å². The molecular weight excluding hydrogens is 242 g/mol. The third-order valence-corrected chi connectivity index (χ3v) is 3.03. The Kier molecular flexibility index (Phi) is 4.10. The molecule has 19 heavy (non-hydrogen) atoms. The molecule has 0 radical (unpaired) electrons. The molecule has 4 heteroatoms. The second-order valence-electron chi connectivity index (χ2n) is 4.57.